The number of aryl methyl sites for hydroxylation is 2. The van der Waals surface area contributed by atoms with Gasteiger partial charge in [0.05, 0.1) is 17.4 Å². The van der Waals surface area contributed by atoms with Crippen LogP contribution in [0.2, 0.25) is 0 Å². The monoisotopic (exact) mass is 522 g/mol. The highest BCUT2D eigenvalue weighted by Crippen LogP contribution is 2.33. The standard InChI is InChI=1S/C28H34N4O4S/c1-18-6-11-23(12-7-18)37(35,36)32-15-14-29-28(34)26(32)17-27(33)31-25-5-3-4-21-16-20(8-13-24(21)25)19(2)30-22-9-10-22/h6-8,11-16,19,22,25-26,30H,3-5,9-10,17H2,1-2H3,(H,29,34)(H,31,33)/t19?,25-,26-/m1/s1. The molecule has 1 saturated carbocycles. The van der Waals surface area contributed by atoms with Crippen LogP contribution in [0.4, 0.5) is 0 Å². The van der Waals surface area contributed by atoms with Crippen LogP contribution >= 0.6 is 0 Å². The van der Waals surface area contributed by atoms with Crippen LogP contribution in [0.25, 0.3) is 0 Å². The molecular weight excluding hydrogens is 488 g/mol. The van der Waals surface area contributed by atoms with E-state index >= 15 is 0 Å². The number of carbonyl (C=O) groups excluding carboxylic acids is 2. The number of carbonyl (C=O) groups is 2. The summed E-state index contributed by atoms with van der Waals surface area (Å²) < 4.78 is 27.6. The van der Waals surface area contributed by atoms with Crippen molar-refractivity contribution in [3.05, 3.63) is 77.1 Å². The first kappa shape index (κ1) is 25.5. The van der Waals surface area contributed by atoms with E-state index in [1.807, 2.05) is 6.92 Å². The van der Waals surface area contributed by atoms with Crippen LogP contribution in [0.3, 0.4) is 0 Å². The summed E-state index contributed by atoms with van der Waals surface area (Å²) in [6.45, 7) is 4.05. The van der Waals surface area contributed by atoms with Crippen molar-refractivity contribution in [3.8, 4) is 0 Å². The third kappa shape index (κ3) is 5.57. The zero-order valence-corrected chi connectivity index (χ0v) is 22.1. The van der Waals surface area contributed by atoms with E-state index in [-0.39, 0.29) is 29.3 Å². The molecule has 0 spiro atoms. The predicted molar refractivity (Wildman–Crippen MR) is 141 cm³/mol. The van der Waals surface area contributed by atoms with E-state index in [2.05, 4.69) is 41.1 Å². The molecule has 0 aromatic heterocycles. The Morgan fingerprint density at radius 1 is 1.14 bits per heavy atom. The van der Waals surface area contributed by atoms with E-state index < -0.39 is 22.0 Å². The molecule has 1 heterocycles. The zero-order chi connectivity index (χ0) is 26.2. The second-order valence-corrected chi connectivity index (χ2v) is 12.2. The molecule has 9 heteroatoms. The van der Waals surface area contributed by atoms with Crippen molar-refractivity contribution in [3.63, 3.8) is 0 Å². The van der Waals surface area contributed by atoms with Crippen LogP contribution in [-0.4, -0.2) is 36.6 Å². The van der Waals surface area contributed by atoms with Crippen LogP contribution in [0, 0.1) is 6.92 Å². The van der Waals surface area contributed by atoms with Crippen LogP contribution in [0.1, 0.15) is 73.4 Å². The fraction of sp³-hybridized carbons (Fsp3) is 0.429. The summed E-state index contributed by atoms with van der Waals surface area (Å²) in [6.07, 6.45) is 7.52. The van der Waals surface area contributed by atoms with Crippen LogP contribution in [0.15, 0.2) is 59.8 Å². The molecule has 196 valence electrons. The number of hydrogen-bond donors (Lipinski definition) is 3. The molecule has 0 radical (unpaired) electrons. The predicted octanol–water partition coefficient (Wildman–Crippen LogP) is 3.35. The van der Waals surface area contributed by atoms with Gasteiger partial charge >= 0.3 is 0 Å². The molecule has 2 aliphatic carbocycles. The Hall–Kier alpha value is -3.17. The van der Waals surface area contributed by atoms with Gasteiger partial charge in [-0.1, -0.05) is 35.9 Å². The highest BCUT2D eigenvalue weighted by molar-refractivity contribution is 7.89. The average Bonchev–Trinajstić information content (AvgIpc) is 3.69. The number of nitrogens with zero attached hydrogens (tertiary/aromatic N) is 1. The van der Waals surface area contributed by atoms with Crippen LogP contribution in [-0.2, 0) is 26.0 Å². The van der Waals surface area contributed by atoms with E-state index in [0.29, 0.717) is 6.04 Å². The lowest BCUT2D eigenvalue weighted by Gasteiger charge is -2.32. The summed E-state index contributed by atoms with van der Waals surface area (Å²) in [4.78, 5) is 25.9. The van der Waals surface area contributed by atoms with Crippen molar-refractivity contribution in [1.82, 2.24) is 20.3 Å². The summed E-state index contributed by atoms with van der Waals surface area (Å²) in [5.41, 5.74) is 4.51. The summed E-state index contributed by atoms with van der Waals surface area (Å²) >= 11 is 0. The minimum Gasteiger partial charge on any atom is -0.349 e. The highest BCUT2D eigenvalue weighted by Gasteiger charge is 2.37. The molecule has 2 amide bonds. The van der Waals surface area contributed by atoms with Gasteiger partial charge in [0.15, 0.2) is 0 Å². The molecule has 1 aliphatic heterocycles. The van der Waals surface area contributed by atoms with Crippen molar-refractivity contribution >= 4 is 21.8 Å². The lowest BCUT2D eigenvalue weighted by molar-refractivity contribution is -0.129. The van der Waals surface area contributed by atoms with Crippen molar-refractivity contribution in [1.29, 1.82) is 0 Å². The number of fused-ring (bicyclic) bond motifs is 1. The fourth-order valence-electron chi connectivity index (χ4n) is 5.15. The Balaban J connectivity index is 1.30. The normalized spacial score (nSPS) is 22.2. The van der Waals surface area contributed by atoms with Gasteiger partial charge in [0.2, 0.25) is 11.8 Å². The van der Waals surface area contributed by atoms with Crippen molar-refractivity contribution in [2.24, 2.45) is 0 Å². The van der Waals surface area contributed by atoms with Crippen LogP contribution < -0.4 is 16.0 Å². The maximum atomic E-state index is 13.3. The van der Waals surface area contributed by atoms with Gasteiger partial charge in [0.1, 0.15) is 6.04 Å². The Labute approximate surface area is 218 Å². The molecule has 0 bridgehead atoms. The number of rotatable bonds is 8. The third-order valence-electron chi connectivity index (χ3n) is 7.41. The first-order valence-electron chi connectivity index (χ1n) is 13.0. The molecule has 37 heavy (non-hydrogen) atoms. The van der Waals surface area contributed by atoms with Gasteiger partial charge < -0.3 is 16.0 Å². The van der Waals surface area contributed by atoms with E-state index in [4.69, 9.17) is 0 Å². The van der Waals surface area contributed by atoms with Gasteiger partial charge in [-0.15, -0.1) is 0 Å². The van der Waals surface area contributed by atoms with E-state index in [1.165, 1.54) is 48.5 Å². The molecule has 1 fully saturated rings. The van der Waals surface area contributed by atoms with Gasteiger partial charge in [-0.25, -0.2) is 8.42 Å². The molecule has 3 atom stereocenters. The van der Waals surface area contributed by atoms with Gasteiger partial charge in [-0.05, 0) is 74.8 Å². The summed E-state index contributed by atoms with van der Waals surface area (Å²) in [7, 11) is -4.01. The lowest BCUT2D eigenvalue weighted by Crippen LogP contribution is -2.51. The summed E-state index contributed by atoms with van der Waals surface area (Å²) in [5, 5.41) is 9.25. The van der Waals surface area contributed by atoms with E-state index in [1.54, 1.807) is 12.1 Å². The molecule has 1 unspecified atom stereocenters. The smallest absolute Gasteiger partial charge is 0.264 e. The molecule has 2 aromatic rings. The molecule has 5 rings (SSSR count). The van der Waals surface area contributed by atoms with Crippen molar-refractivity contribution < 1.29 is 18.0 Å². The van der Waals surface area contributed by atoms with Crippen molar-refractivity contribution in [2.45, 2.75) is 81.4 Å². The fourth-order valence-corrected chi connectivity index (χ4v) is 6.60. The van der Waals surface area contributed by atoms with Gasteiger partial charge in [-0.2, -0.15) is 0 Å². The summed E-state index contributed by atoms with van der Waals surface area (Å²) in [6, 6.07) is 12.5. The molecule has 8 nitrogen and oxygen atoms in total. The van der Waals surface area contributed by atoms with E-state index in [0.717, 1.165) is 34.7 Å². The average molecular weight is 523 g/mol. The maximum absolute atomic E-state index is 13.3. The first-order valence-corrected chi connectivity index (χ1v) is 14.4. The second kappa shape index (κ2) is 10.3. The first-order chi connectivity index (χ1) is 17.7. The lowest BCUT2D eigenvalue weighted by atomic mass is 9.85. The molecule has 2 aromatic carbocycles. The number of hydrogen-bond acceptors (Lipinski definition) is 5. The Morgan fingerprint density at radius 3 is 2.62 bits per heavy atom. The largest absolute Gasteiger partial charge is 0.349 e. The molecular formula is C28H34N4O4S. The molecule has 3 aliphatic rings. The van der Waals surface area contributed by atoms with Crippen molar-refractivity contribution in [2.75, 3.05) is 0 Å². The SMILES string of the molecule is Cc1ccc(S(=O)(=O)N2C=CNC(=O)[C@H]2CC(=O)N[C@@H]2CCCc3cc(C(C)NC4CC4)ccc32)cc1. The Morgan fingerprint density at radius 2 is 1.89 bits per heavy atom. The number of benzene rings is 2. The second-order valence-electron chi connectivity index (χ2n) is 10.3. The number of nitrogens with one attached hydrogen (secondary N) is 3. The molecule has 0 saturated heterocycles. The Bertz CT molecular complexity index is 1320. The maximum Gasteiger partial charge on any atom is 0.264 e. The quantitative estimate of drug-likeness (QED) is 0.493. The minimum atomic E-state index is -4.01. The van der Waals surface area contributed by atoms with Gasteiger partial charge in [0.25, 0.3) is 10.0 Å². The minimum absolute atomic E-state index is 0.0743. The number of sulfonamides is 1. The Kier molecular flexibility index (Phi) is 7.09. The zero-order valence-electron chi connectivity index (χ0n) is 21.2. The summed E-state index contributed by atoms with van der Waals surface area (Å²) in [5.74, 6) is -0.885. The topological polar surface area (TPSA) is 108 Å². The highest BCUT2D eigenvalue weighted by atomic mass is 32.2. The van der Waals surface area contributed by atoms with E-state index in [9.17, 15) is 18.0 Å². The third-order valence-corrected chi connectivity index (χ3v) is 9.21. The van der Waals surface area contributed by atoms with Gasteiger partial charge in [0, 0.05) is 24.5 Å². The molecule has 3 N–H and O–H groups in total. The number of amides is 2. The van der Waals surface area contributed by atoms with Gasteiger partial charge in [-0.3, -0.25) is 13.9 Å². The van der Waals surface area contributed by atoms with Crippen LogP contribution in [0.5, 0.6) is 0 Å².